The van der Waals surface area contributed by atoms with Crippen molar-refractivity contribution in [3.8, 4) is 0 Å². The highest BCUT2D eigenvalue weighted by Gasteiger charge is 2.32. The first-order valence-corrected chi connectivity index (χ1v) is 10.8. The molecule has 0 radical (unpaired) electrons. The molecule has 2 heterocycles. The zero-order chi connectivity index (χ0) is 17.6. The molecule has 1 unspecified atom stereocenters. The van der Waals surface area contributed by atoms with Gasteiger partial charge in [-0.05, 0) is 53.7 Å². The first kappa shape index (κ1) is 18.7. The fourth-order valence-electron chi connectivity index (χ4n) is 3.69. The SMILES string of the molecule is CN=C(NCCc1ccc(Br)s1)NC1CCN(C(=O)C2CCCC2)C1. The van der Waals surface area contributed by atoms with Gasteiger partial charge in [0.2, 0.25) is 5.91 Å². The van der Waals surface area contributed by atoms with E-state index in [1.807, 2.05) is 4.90 Å². The van der Waals surface area contributed by atoms with Crippen LogP contribution in [0.25, 0.3) is 0 Å². The third kappa shape index (κ3) is 5.20. The maximum absolute atomic E-state index is 12.5. The summed E-state index contributed by atoms with van der Waals surface area (Å²) in [6.45, 7) is 2.52. The average Bonchev–Trinajstić information content (AvgIpc) is 3.35. The molecule has 3 rings (SSSR count). The molecule has 138 valence electrons. The Balaban J connectivity index is 1.40. The molecule has 1 aliphatic heterocycles. The molecule has 2 N–H and O–H groups in total. The number of carbonyl (C=O) groups excluding carboxylic acids is 1. The van der Waals surface area contributed by atoms with Gasteiger partial charge in [0.1, 0.15) is 0 Å². The summed E-state index contributed by atoms with van der Waals surface area (Å²) in [7, 11) is 1.80. The molecular formula is C18H27BrN4OS. The van der Waals surface area contributed by atoms with Gasteiger partial charge in [-0.1, -0.05) is 12.8 Å². The smallest absolute Gasteiger partial charge is 0.225 e. The van der Waals surface area contributed by atoms with E-state index < -0.39 is 0 Å². The predicted molar refractivity (Wildman–Crippen MR) is 107 cm³/mol. The minimum atomic E-state index is 0.279. The van der Waals surface area contributed by atoms with Crippen LogP contribution in [0.5, 0.6) is 0 Å². The molecule has 0 bridgehead atoms. The highest BCUT2D eigenvalue weighted by Crippen LogP contribution is 2.27. The maximum Gasteiger partial charge on any atom is 0.225 e. The van der Waals surface area contributed by atoms with Crippen LogP contribution in [0.2, 0.25) is 0 Å². The molecule has 0 spiro atoms. The van der Waals surface area contributed by atoms with Crippen molar-refractivity contribution < 1.29 is 4.79 Å². The van der Waals surface area contributed by atoms with Gasteiger partial charge in [0.05, 0.1) is 3.79 Å². The van der Waals surface area contributed by atoms with Crippen molar-refractivity contribution in [1.29, 1.82) is 0 Å². The summed E-state index contributed by atoms with van der Waals surface area (Å²) in [6.07, 6.45) is 6.56. The van der Waals surface area contributed by atoms with Crippen molar-refractivity contribution in [2.75, 3.05) is 26.7 Å². The maximum atomic E-state index is 12.5. The Morgan fingerprint density at radius 3 is 2.84 bits per heavy atom. The lowest BCUT2D eigenvalue weighted by atomic mass is 10.1. The van der Waals surface area contributed by atoms with Crippen molar-refractivity contribution in [2.24, 2.45) is 10.9 Å². The standard InChI is InChI=1S/C18H27BrN4OS/c1-20-18(21-10-8-15-6-7-16(19)25-15)22-14-9-11-23(12-14)17(24)13-4-2-3-5-13/h6-7,13-14H,2-5,8-12H2,1H3,(H2,20,21,22). The van der Waals surface area contributed by atoms with Crippen LogP contribution in [0.3, 0.4) is 0 Å². The van der Waals surface area contributed by atoms with E-state index in [-0.39, 0.29) is 5.92 Å². The molecule has 1 aromatic heterocycles. The van der Waals surface area contributed by atoms with Crippen LogP contribution in [-0.2, 0) is 11.2 Å². The van der Waals surface area contributed by atoms with Crippen LogP contribution in [-0.4, -0.2) is 49.5 Å². The second-order valence-corrected chi connectivity index (χ2v) is 9.40. The van der Waals surface area contributed by atoms with Gasteiger partial charge in [-0.2, -0.15) is 0 Å². The van der Waals surface area contributed by atoms with Crippen LogP contribution in [0.4, 0.5) is 0 Å². The topological polar surface area (TPSA) is 56.7 Å². The minimum absolute atomic E-state index is 0.279. The monoisotopic (exact) mass is 426 g/mol. The van der Waals surface area contributed by atoms with Gasteiger partial charge >= 0.3 is 0 Å². The lowest BCUT2D eigenvalue weighted by Crippen LogP contribution is -2.45. The predicted octanol–water partition coefficient (Wildman–Crippen LogP) is 3.01. The summed E-state index contributed by atoms with van der Waals surface area (Å²) in [5.74, 6) is 1.48. The normalized spacial score (nSPS) is 21.8. The zero-order valence-electron chi connectivity index (χ0n) is 14.8. The van der Waals surface area contributed by atoms with E-state index in [2.05, 4.69) is 43.7 Å². The molecule has 2 aliphatic rings. The lowest BCUT2D eigenvalue weighted by molar-refractivity contribution is -0.134. The number of carbonyl (C=O) groups is 1. The number of guanidine groups is 1. The van der Waals surface area contributed by atoms with E-state index in [0.717, 1.165) is 51.3 Å². The quantitative estimate of drug-likeness (QED) is 0.561. The van der Waals surface area contributed by atoms with Crippen LogP contribution < -0.4 is 10.6 Å². The molecule has 1 aromatic rings. The van der Waals surface area contributed by atoms with Crippen LogP contribution in [0, 0.1) is 5.92 Å². The van der Waals surface area contributed by atoms with Crippen molar-refractivity contribution in [3.63, 3.8) is 0 Å². The van der Waals surface area contributed by atoms with E-state index in [1.54, 1.807) is 18.4 Å². The number of halogens is 1. The van der Waals surface area contributed by atoms with Gasteiger partial charge in [0.25, 0.3) is 0 Å². The zero-order valence-corrected chi connectivity index (χ0v) is 17.2. The summed E-state index contributed by atoms with van der Waals surface area (Å²) in [5.41, 5.74) is 0. The highest BCUT2D eigenvalue weighted by atomic mass is 79.9. The largest absolute Gasteiger partial charge is 0.356 e. The van der Waals surface area contributed by atoms with Crippen molar-refractivity contribution in [3.05, 3.63) is 20.8 Å². The summed E-state index contributed by atoms with van der Waals surface area (Å²) in [4.78, 5) is 20.2. The molecule has 7 heteroatoms. The first-order chi connectivity index (χ1) is 12.2. The number of amides is 1. The number of hydrogen-bond donors (Lipinski definition) is 2. The number of rotatable bonds is 5. The Morgan fingerprint density at radius 2 is 2.16 bits per heavy atom. The van der Waals surface area contributed by atoms with Crippen LogP contribution in [0.1, 0.15) is 37.0 Å². The first-order valence-electron chi connectivity index (χ1n) is 9.16. The Bertz CT molecular complexity index is 612. The van der Waals surface area contributed by atoms with Gasteiger partial charge in [0, 0.05) is 43.5 Å². The van der Waals surface area contributed by atoms with E-state index in [0.29, 0.717) is 11.9 Å². The van der Waals surface area contributed by atoms with E-state index in [1.165, 1.54) is 21.5 Å². The summed E-state index contributed by atoms with van der Waals surface area (Å²) in [5, 5.41) is 6.85. The fraction of sp³-hybridized carbons (Fsp3) is 0.667. The molecule has 25 heavy (non-hydrogen) atoms. The molecule has 0 aromatic carbocycles. The molecule has 1 amide bonds. The number of nitrogens with zero attached hydrogens (tertiary/aromatic N) is 2. The lowest BCUT2D eigenvalue weighted by Gasteiger charge is -2.21. The molecule has 1 atom stereocenters. The molecule has 1 saturated heterocycles. The van der Waals surface area contributed by atoms with E-state index in [9.17, 15) is 4.79 Å². The Kier molecular flexibility index (Phi) is 6.76. The number of hydrogen-bond acceptors (Lipinski definition) is 3. The molecule has 2 fully saturated rings. The van der Waals surface area contributed by atoms with Gasteiger partial charge in [0.15, 0.2) is 5.96 Å². The van der Waals surface area contributed by atoms with Crippen molar-refractivity contribution in [2.45, 2.75) is 44.6 Å². The van der Waals surface area contributed by atoms with Gasteiger partial charge < -0.3 is 15.5 Å². The third-order valence-corrected chi connectivity index (χ3v) is 6.74. The molecular weight excluding hydrogens is 400 g/mol. The summed E-state index contributed by atoms with van der Waals surface area (Å²) < 4.78 is 1.17. The Hall–Kier alpha value is -1.08. The Morgan fingerprint density at radius 1 is 1.36 bits per heavy atom. The second-order valence-electron chi connectivity index (χ2n) is 6.85. The van der Waals surface area contributed by atoms with Crippen molar-refractivity contribution >= 4 is 39.1 Å². The van der Waals surface area contributed by atoms with E-state index >= 15 is 0 Å². The summed E-state index contributed by atoms with van der Waals surface area (Å²) >= 11 is 5.26. The average molecular weight is 427 g/mol. The number of nitrogens with one attached hydrogen (secondary N) is 2. The third-order valence-electron chi connectivity index (χ3n) is 5.06. The van der Waals surface area contributed by atoms with Gasteiger partial charge in [-0.3, -0.25) is 9.79 Å². The second kappa shape index (κ2) is 9.03. The number of aliphatic imine (C=N–C) groups is 1. The van der Waals surface area contributed by atoms with E-state index in [4.69, 9.17) is 0 Å². The van der Waals surface area contributed by atoms with Gasteiger partial charge in [-0.15, -0.1) is 11.3 Å². The Labute approximate surface area is 162 Å². The molecule has 1 saturated carbocycles. The van der Waals surface area contributed by atoms with Crippen LogP contribution >= 0.6 is 27.3 Å². The number of likely N-dealkylation sites (tertiary alicyclic amines) is 1. The fourth-order valence-corrected chi connectivity index (χ4v) is 5.17. The van der Waals surface area contributed by atoms with Gasteiger partial charge in [-0.25, -0.2) is 0 Å². The van der Waals surface area contributed by atoms with Crippen molar-refractivity contribution in [1.82, 2.24) is 15.5 Å². The highest BCUT2D eigenvalue weighted by molar-refractivity contribution is 9.11. The van der Waals surface area contributed by atoms with Crippen LogP contribution in [0.15, 0.2) is 20.9 Å². The molecule has 5 nitrogen and oxygen atoms in total. The molecule has 1 aliphatic carbocycles. The number of thiophene rings is 1. The minimum Gasteiger partial charge on any atom is -0.356 e. The summed E-state index contributed by atoms with van der Waals surface area (Å²) in [6, 6.07) is 4.53.